The summed E-state index contributed by atoms with van der Waals surface area (Å²) in [7, 11) is 0. The van der Waals surface area contributed by atoms with Crippen LogP contribution in [0.3, 0.4) is 0 Å². The molecule has 1 fully saturated rings. The maximum atomic E-state index is 5.87. The van der Waals surface area contributed by atoms with Gasteiger partial charge in [-0.3, -0.25) is 4.90 Å². The summed E-state index contributed by atoms with van der Waals surface area (Å²) in [5.41, 5.74) is 6.38. The zero-order valence-electron chi connectivity index (χ0n) is 10.8. The molecule has 0 aliphatic carbocycles. The van der Waals surface area contributed by atoms with Crippen LogP contribution in [0.1, 0.15) is 26.2 Å². The highest BCUT2D eigenvalue weighted by molar-refractivity contribution is 6.29. The van der Waals surface area contributed by atoms with Crippen LogP contribution in [0.4, 0.5) is 11.5 Å². The lowest BCUT2D eigenvalue weighted by Gasteiger charge is -2.32. The van der Waals surface area contributed by atoms with Crippen molar-refractivity contribution in [2.75, 3.05) is 30.7 Å². The fourth-order valence-corrected chi connectivity index (χ4v) is 2.56. The van der Waals surface area contributed by atoms with Gasteiger partial charge in [0, 0.05) is 24.3 Å². The monoisotopic (exact) mass is 268 g/mol. The SMILES string of the molecule is CC(CNc1cc(N)cc(Cl)n1)N1CCCCC1. The number of piperidine rings is 1. The summed E-state index contributed by atoms with van der Waals surface area (Å²) in [5.74, 6) is 0.754. The number of pyridine rings is 1. The molecule has 2 rings (SSSR count). The predicted molar refractivity (Wildman–Crippen MR) is 77.0 cm³/mol. The van der Waals surface area contributed by atoms with Gasteiger partial charge in [-0.2, -0.15) is 0 Å². The number of hydrogen-bond donors (Lipinski definition) is 2. The average molecular weight is 269 g/mol. The Morgan fingerprint density at radius 3 is 2.78 bits per heavy atom. The zero-order valence-corrected chi connectivity index (χ0v) is 11.6. The standard InChI is InChI=1S/C13H21ClN4/c1-10(18-5-3-2-4-6-18)9-16-13-8-11(15)7-12(14)17-13/h7-8,10H,2-6,9H2,1H3,(H3,15,16,17). The average Bonchev–Trinajstić information content (AvgIpc) is 2.36. The minimum absolute atomic E-state index is 0.433. The third-order valence-corrected chi connectivity index (χ3v) is 3.60. The third-order valence-electron chi connectivity index (χ3n) is 3.41. The molecule has 1 aromatic rings. The van der Waals surface area contributed by atoms with Gasteiger partial charge in [-0.05, 0) is 38.9 Å². The van der Waals surface area contributed by atoms with Crippen molar-refractivity contribution < 1.29 is 0 Å². The van der Waals surface area contributed by atoms with Gasteiger partial charge in [0.1, 0.15) is 11.0 Å². The van der Waals surface area contributed by atoms with Gasteiger partial charge in [-0.1, -0.05) is 18.0 Å². The number of nitrogen functional groups attached to an aromatic ring is 1. The van der Waals surface area contributed by atoms with E-state index in [1.165, 1.54) is 32.4 Å². The molecule has 0 saturated carbocycles. The van der Waals surface area contributed by atoms with Crippen molar-refractivity contribution in [2.24, 2.45) is 0 Å². The maximum absolute atomic E-state index is 5.87. The predicted octanol–water partition coefficient (Wildman–Crippen LogP) is 2.60. The topological polar surface area (TPSA) is 54.2 Å². The summed E-state index contributed by atoms with van der Waals surface area (Å²) in [6.07, 6.45) is 3.99. The molecule has 0 bridgehead atoms. The molecule has 1 aliphatic heterocycles. The molecule has 0 aromatic carbocycles. The molecule has 4 nitrogen and oxygen atoms in total. The molecule has 1 aromatic heterocycles. The van der Waals surface area contributed by atoms with Gasteiger partial charge >= 0.3 is 0 Å². The highest BCUT2D eigenvalue weighted by Crippen LogP contribution is 2.17. The van der Waals surface area contributed by atoms with Crippen molar-refractivity contribution in [3.63, 3.8) is 0 Å². The molecule has 0 radical (unpaired) electrons. The van der Waals surface area contributed by atoms with Gasteiger partial charge in [-0.15, -0.1) is 0 Å². The Morgan fingerprint density at radius 1 is 1.39 bits per heavy atom. The van der Waals surface area contributed by atoms with Gasteiger partial charge in [0.05, 0.1) is 0 Å². The normalized spacial score (nSPS) is 18.6. The second-order valence-electron chi connectivity index (χ2n) is 4.93. The van der Waals surface area contributed by atoms with Crippen molar-refractivity contribution in [2.45, 2.75) is 32.2 Å². The van der Waals surface area contributed by atoms with Gasteiger partial charge in [0.25, 0.3) is 0 Å². The molecular weight excluding hydrogens is 248 g/mol. The number of nitrogens with one attached hydrogen (secondary N) is 1. The molecule has 100 valence electrons. The van der Waals surface area contributed by atoms with Crippen molar-refractivity contribution in [3.8, 4) is 0 Å². The Morgan fingerprint density at radius 2 is 2.11 bits per heavy atom. The number of hydrogen-bond acceptors (Lipinski definition) is 4. The van der Waals surface area contributed by atoms with Crippen LogP contribution in [-0.4, -0.2) is 35.6 Å². The summed E-state index contributed by atoms with van der Waals surface area (Å²) >= 11 is 5.87. The second-order valence-corrected chi connectivity index (χ2v) is 5.32. The number of halogens is 1. The fourth-order valence-electron chi connectivity index (χ4n) is 2.35. The maximum Gasteiger partial charge on any atom is 0.133 e. The van der Waals surface area contributed by atoms with Gasteiger partial charge < -0.3 is 11.1 Å². The molecule has 3 N–H and O–H groups in total. The van der Waals surface area contributed by atoms with Gasteiger partial charge in [0.15, 0.2) is 0 Å². The highest BCUT2D eigenvalue weighted by Gasteiger charge is 2.16. The van der Waals surface area contributed by atoms with Crippen LogP contribution in [0.25, 0.3) is 0 Å². The Kier molecular flexibility index (Phi) is 4.66. The van der Waals surface area contributed by atoms with E-state index in [0.717, 1.165) is 12.4 Å². The van der Waals surface area contributed by atoms with E-state index in [2.05, 4.69) is 22.1 Å². The van der Waals surface area contributed by atoms with E-state index < -0.39 is 0 Å². The first kappa shape index (κ1) is 13.4. The number of nitrogens with two attached hydrogens (primary N) is 1. The van der Waals surface area contributed by atoms with Crippen molar-refractivity contribution in [3.05, 3.63) is 17.3 Å². The Labute approximate surface area is 114 Å². The van der Waals surface area contributed by atoms with Crippen LogP contribution in [0.5, 0.6) is 0 Å². The van der Waals surface area contributed by atoms with Gasteiger partial charge in [0.2, 0.25) is 0 Å². The molecule has 1 atom stereocenters. The highest BCUT2D eigenvalue weighted by atomic mass is 35.5. The van der Waals surface area contributed by atoms with Crippen LogP contribution < -0.4 is 11.1 Å². The van der Waals surface area contributed by atoms with Crippen LogP contribution in [0, 0.1) is 0 Å². The summed E-state index contributed by atoms with van der Waals surface area (Å²) in [6, 6.07) is 3.97. The molecule has 5 heteroatoms. The lowest BCUT2D eigenvalue weighted by Crippen LogP contribution is -2.41. The second kappa shape index (κ2) is 6.25. The number of aromatic nitrogens is 1. The zero-order chi connectivity index (χ0) is 13.0. The lowest BCUT2D eigenvalue weighted by atomic mass is 10.1. The largest absolute Gasteiger partial charge is 0.399 e. The molecule has 18 heavy (non-hydrogen) atoms. The van der Waals surface area contributed by atoms with Crippen LogP contribution in [0.15, 0.2) is 12.1 Å². The molecule has 1 aliphatic rings. The number of likely N-dealkylation sites (tertiary alicyclic amines) is 1. The molecular formula is C13H21ClN4. The van der Waals surface area contributed by atoms with Gasteiger partial charge in [-0.25, -0.2) is 4.98 Å². The molecule has 1 unspecified atom stereocenters. The van der Waals surface area contributed by atoms with Crippen LogP contribution in [0.2, 0.25) is 5.15 Å². The van der Waals surface area contributed by atoms with Crippen molar-refractivity contribution >= 4 is 23.1 Å². The summed E-state index contributed by atoms with van der Waals surface area (Å²) in [5, 5.41) is 3.74. The van der Waals surface area contributed by atoms with E-state index in [9.17, 15) is 0 Å². The van der Waals surface area contributed by atoms with E-state index >= 15 is 0 Å². The first-order chi connectivity index (χ1) is 8.65. The summed E-state index contributed by atoms with van der Waals surface area (Å²) in [6.45, 7) is 5.51. The van der Waals surface area contributed by atoms with Crippen molar-refractivity contribution in [1.82, 2.24) is 9.88 Å². The molecule has 0 spiro atoms. The van der Waals surface area contributed by atoms with E-state index in [0.29, 0.717) is 16.9 Å². The quantitative estimate of drug-likeness (QED) is 0.825. The minimum atomic E-state index is 0.433. The van der Waals surface area contributed by atoms with E-state index in [-0.39, 0.29) is 0 Å². The van der Waals surface area contributed by atoms with E-state index in [1.807, 2.05) is 6.07 Å². The van der Waals surface area contributed by atoms with Crippen LogP contribution in [-0.2, 0) is 0 Å². The van der Waals surface area contributed by atoms with Crippen molar-refractivity contribution in [1.29, 1.82) is 0 Å². The Hall–Kier alpha value is -1.00. The lowest BCUT2D eigenvalue weighted by molar-refractivity contribution is 0.180. The molecule has 0 amide bonds. The first-order valence-electron chi connectivity index (χ1n) is 6.56. The van der Waals surface area contributed by atoms with Crippen LogP contribution >= 0.6 is 11.6 Å². The van der Waals surface area contributed by atoms with E-state index in [4.69, 9.17) is 17.3 Å². The molecule has 2 heterocycles. The third kappa shape index (κ3) is 3.75. The fraction of sp³-hybridized carbons (Fsp3) is 0.615. The minimum Gasteiger partial charge on any atom is -0.399 e. The Bertz CT molecular complexity index is 370. The number of nitrogens with zero attached hydrogens (tertiary/aromatic N) is 2. The first-order valence-corrected chi connectivity index (χ1v) is 6.94. The number of anilines is 2. The Balaban J connectivity index is 1.86. The molecule has 1 saturated heterocycles. The van der Waals surface area contributed by atoms with E-state index in [1.54, 1.807) is 6.07 Å². The summed E-state index contributed by atoms with van der Waals surface area (Å²) in [4.78, 5) is 6.73. The summed E-state index contributed by atoms with van der Waals surface area (Å²) < 4.78 is 0. The number of rotatable bonds is 4. The smallest absolute Gasteiger partial charge is 0.133 e.